The zero-order valence-electron chi connectivity index (χ0n) is 14.0. The van der Waals surface area contributed by atoms with E-state index in [1.807, 2.05) is 68.4 Å². The lowest BCUT2D eigenvalue weighted by Crippen LogP contribution is -2.23. The van der Waals surface area contributed by atoms with Gasteiger partial charge in [-0.05, 0) is 31.5 Å². The summed E-state index contributed by atoms with van der Waals surface area (Å²) in [5.41, 5.74) is 2.74. The van der Waals surface area contributed by atoms with Gasteiger partial charge < -0.3 is 11.2 Å². The molecule has 0 aliphatic heterocycles. The second kappa shape index (κ2) is 7.40. The first-order valence-electron chi connectivity index (χ1n) is 7.85. The Morgan fingerprint density at radius 2 is 1.80 bits per heavy atom. The van der Waals surface area contributed by atoms with Crippen LogP contribution in [0, 0.1) is 6.92 Å². The van der Waals surface area contributed by atoms with Crippen molar-refractivity contribution in [2.24, 2.45) is 0 Å². The molecule has 0 spiro atoms. The fourth-order valence-electron chi connectivity index (χ4n) is 2.34. The van der Waals surface area contributed by atoms with Crippen LogP contribution in [0.2, 0.25) is 0 Å². The number of carbonyl (C=O) groups excluding carboxylic acids is 1. The third-order valence-electron chi connectivity index (χ3n) is 3.74. The fraction of sp³-hybridized carbons (Fsp3) is 0.167. The van der Waals surface area contributed by atoms with Gasteiger partial charge in [-0.1, -0.05) is 54.2 Å². The molecule has 1 aromatic heterocycles. The van der Waals surface area contributed by atoms with E-state index in [1.165, 1.54) is 16.4 Å². The molecule has 0 saturated heterocycles. The third-order valence-corrected chi connectivity index (χ3v) is 4.80. The maximum atomic E-state index is 12.3. The lowest BCUT2D eigenvalue weighted by atomic mass is 10.1. The van der Waals surface area contributed by atoms with Crippen molar-refractivity contribution in [3.63, 3.8) is 0 Å². The number of aryl methyl sites for hydroxylation is 1. The number of nitrogens with one attached hydrogen (secondary N) is 1. The van der Waals surface area contributed by atoms with Crippen LogP contribution in [0.3, 0.4) is 0 Å². The van der Waals surface area contributed by atoms with Crippen molar-refractivity contribution in [1.82, 2.24) is 14.9 Å². The van der Waals surface area contributed by atoms with E-state index < -0.39 is 0 Å². The van der Waals surface area contributed by atoms with Gasteiger partial charge in [-0.25, -0.2) is 4.68 Å². The summed E-state index contributed by atoms with van der Waals surface area (Å²) < 4.78 is 1.43. The molecule has 7 heteroatoms. The number of benzene rings is 2. The quantitative estimate of drug-likeness (QED) is 0.544. The zero-order chi connectivity index (χ0) is 17.8. The Bertz CT molecular complexity index is 878. The van der Waals surface area contributed by atoms with Crippen LogP contribution in [0.5, 0.6) is 0 Å². The van der Waals surface area contributed by atoms with Crippen LogP contribution >= 0.6 is 11.8 Å². The van der Waals surface area contributed by atoms with E-state index in [2.05, 4.69) is 15.5 Å². The first-order valence-corrected chi connectivity index (χ1v) is 8.73. The predicted octanol–water partition coefficient (Wildman–Crippen LogP) is 3.09. The number of para-hydroxylation sites is 1. The first kappa shape index (κ1) is 17.0. The minimum absolute atomic E-state index is 0.114. The van der Waals surface area contributed by atoms with E-state index in [1.54, 1.807) is 0 Å². The summed E-state index contributed by atoms with van der Waals surface area (Å²) in [6, 6.07) is 17.2. The standard InChI is InChI=1S/C18H19N5OS/c1-12-8-6-7-11-15(12)16-21-22-18(23(16)19)25-13(2)17(24)20-14-9-4-3-5-10-14/h3-11,13H,19H2,1-2H3,(H,20,24)/t13-/m0/s1. The highest BCUT2D eigenvalue weighted by Gasteiger charge is 2.20. The Hall–Kier alpha value is -2.80. The summed E-state index contributed by atoms with van der Waals surface area (Å²) in [5, 5.41) is 11.3. The molecular formula is C18H19N5OS. The normalized spacial score (nSPS) is 11.9. The second-order valence-electron chi connectivity index (χ2n) is 5.61. The average molecular weight is 353 g/mol. The number of hydrogen-bond donors (Lipinski definition) is 2. The lowest BCUT2D eigenvalue weighted by molar-refractivity contribution is -0.115. The minimum Gasteiger partial charge on any atom is -0.335 e. The monoisotopic (exact) mass is 353 g/mol. The molecule has 1 heterocycles. The number of anilines is 1. The van der Waals surface area contributed by atoms with Crippen LogP contribution in [-0.2, 0) is 4.79 Å². The molecule has 2 aromatic carbocycles. The second-order valence-corrected chi connectivity index (χ2v) is 6.91. The molecule has 0 fully saturated rings. The van der Waals surface area contributed by atoms with Crippen LogP contribution in [0.15, 0.2) is 59.8 Å². The van der Waals surface area contributed by atoms with E-state index in [9.17, 15) is 4.79 Å². The molecule has 3 aromatic rings. The Morgan fingerprint density at radius 1 is 1.12 bits per heavy atom. The highest BCUT2D eigenvalue weighted by molar-refractivity contribution is 8.00. The van der Waals surface area contributed by atoms with E-state index in [0.717, 1.165) is 16.8 Å². The van der Waals surface area contributed by atoms with Crippen molar-refractivity contribution in [3.8, 4) is 11.4 Å². The number of carbonyl (C=O) groups is 1. The number of aromatic nitrogens is 3. The molecule has 6 nitrogen and oxygen atoms in total. The lowest BCUT2D eigenvalue weighted by Gasteiger charge is -2.11. The van der Waals surface area contributed by atoms with Gasteiger partial charge in [0.1, 0.15) is 0 Å². The van der Waals surface area contributed by atoms with Gasteiger partial charge in [0.15, 0.2) is 5.82 Å². The van der Waals surface area contributed by atoms with Crippen molar-refractivity contribution in [1.29, 1.82) is 0 Å². The summed E-state index contributed by atoms with van der Waals surface area (Å²) in [4.78, 5) is 12.3. The maximum Gasteiger partial charge on any atom is 0.237 e. The fourth-order valence-corrected chi connectivity index (χ4v) is 3.11. The molecule has 25 heavy (non-hydrogen) atoms. The molecule has 0 radical (unpaired) electrons. The molecule has 3 rings (SSSR count). The highest BCUT2D eigenvalue weighted by atomic mass is 32.2. The number of nitrogen functional groups attached to an aromatic ring is 1. The Morgan fingerprint density at radius 3 is 2.52 bits per heavy atom. The Kier molecular flexibility index (Phi) is 5.04. The molecular weight excluding hydrogens is 334 g/mol. The minimum atomic E-state index is -0.364. The largest absolute Gasteiger partial charge is 0.335 e. The smallest absolute Gasteiger partial charge is 0.237 e. The van der Waals surface area contributed by atoms with Crippen LogP contribution < -0.4 is 11.2 Å². The topological polar surface area (TPSA) is 85.8 Å². The van der Waals surface area contributed by atoms with E-state index in [0.29, 0.717) is 11.0 Å². The third kappa shape index (κ3) is 3.83. The molecule has 0 unspecified atom stereocenters. The van der Waals surface area contributed by atoms with Crippen molar-refractivity contribution in [3.05, 3.63) is 60.2 Å². The number of rotatable bonds is 5. The van der Waals surface area contributed by atoms with Gasteiger partial charge in [-0.3, -0.25) is 4.79 Å². The van der Waals surface area contributed by atoms with Gasteiger partial charge in [-0.15, -0.1) is 10.2 Å². The van der Waals surface area contributed by atoms with E-state index in [4.69, 9.17) is 5.84 Å². The van der Waals surface area contributed by atoms with Crippen molar-refractivity contribution >= 4 is 23.4 Å². The van der Waals surface area contributed by atoms with Gasteiger partial charge in [-0.2, -0.15) is 0 Å². The summed E-state index contributed by atoms with van der Waals surface area (Å²) in [7, 11) is 0. The molecule has 0 saturated carbocycles. The number of hydrogen-bond acceptors (Lipinski definition) is 5. The SMILES string of the molecule is Cc1ccccc1-c1nnc(S[C@@H](C)C(=O)Nc2ccccc2)n1N. The molecule has 0 aliphatic carbocycles. The molecule has 128 valence electrons. The van der Waals surface area contributed by atoms with E-state index in [-0.39, 0.29) is 11.2 Å². The van der Waals surface area contributed by atoms with Gasteiger partial charge in [0.05, 0.1) is 5.25 Å². The Labute approximate surface area is 150 Å². The van der Waals surface area contributed by atoms with Crippen LogP contribution in [-0.4, -0.2) is 26.0 Å². The van der Waals surface area contributed by atoms with Crippen LogP contribution in [0.25, 0.3) is 11.4 Å². The van der Waals surface area contributed by atoms with Crippen molar-refractivity contribution in [2.75, 3.05) is 11.2 Å². The van der Waals surface area contributed by atoms with Gasteiger partial charge in [0, 0.05) is 11.3 Å². The van der Waals surface area contributed by atoms with E-state index >= 15 is 0 Å². The number of amides is 1. The molecule has 3 N–H and O–H groups in total. The number of nitrogens with zero attached hydrogens (tertiary/aromatic N) is 3. The highest BCUT2D eigenvalue weighted by Crippen LogP contribution is 2.26. The number of thioether (sulfide) groups is 1. The van der Waals surface area contributed by atoms with Gasteiger partial charge in [0.25, 0.3) is 0 Å². The van der Waals surface area contributed by atoms with Gasteiger partial charge in [0.2, 0.25) is 11.1 Å². The zero-order valence-corrected chi connectivity index (χ0v) is 14.8. The summed E-state index contributed by atoms with van der Waals surface area (Å²) in [5.74, 6) is 6.61. The summed E-state index contributed by atoms with van der Waals surface area (Å²) in [6.45, 7) is 3.80. The van der Waals surface area contributed by atoms with Crippen molar-refractivity contribution < 1.29 is 4.79 Å². The predicted molar refractivity (Wildman–Crippen MR) is 101 cm³/mol. The molecule has 0 bridgehead atoms. The molecule has 0 aliphatic rings. The van der Waals surface area contributed by atoms with Crippen LogP contribution in [0.4, 0.5) is 5.69 Å². The summed E-state index contributed by atoms with van der Waals surface area (Å²) in [6.07, 6.45) is 0. The first-order chi connectivity index (χ1) is 12.1. The molecule has 1 atom stereocenters. The average Bonchev–Trinajstić information content (AvgIpc) is 2.97. The van der Waals surface area contributed by atoms with Gasteiger partial charge >= 0.3 is 0 Å². The maximum absolute atomic E-state index is 12.3. The van der Waals surface area contributed by atoms with Crippen molar-refractivity contribution in [2.45, 2.75) is 24.3 Å². The molecule has 1 amide bonds. The summed E-state index contributed by atoms with van der Waals surface area (Å²) >= 11 is 1.27. The van der Waals surface area contributed by atoms with Crippen LogP contribution in [0.1, 0.15) is 12.5 Å². The number of nitrogens with two attached hydrogens (primary N) is 1. The Balaban J connectivity index is 1.73.